The zero-order valence-electron chi connectivity index (χ0n) is 20.7. The van der Waals surface area contributed by atoms with Gasteiger partial charge in [0.05, 0.1) is 12.2 Å². The summed E-state index contributed by atoms with van der Waals surface area (Å²) >= 11 is 0. The van der Waals surface area contributed by atoms with Crippen LogP contribution in [0.4, 0.5) is 0 Å². The summed E-state index contributed by atoms with van der Waals surface area (Å²) in [5.74, 6) is 2.93. The molecule has 178 valence electrons. The van der Waals surface area contributed by atoms with Crippen molar-refractivity contribution in [2.45, 2.75) is 111 Å². The van der Waals surface area contributed by atoms with Crippen LogP contribution in [0.15, 0.2) is 0 Å². The molecular formula is C28H48O3. The summed E-state index contributed by atoms with van der Waals surface area (Å²) in [7, 11) is 0. The van der Waals surface area contributed by atoms with E-state index < -0.39 is 0 Å². The molecule has 5 aliphatic carbocycles. The zero-order valence-corrected chi connectivity index (χ0v) is 20.7. The third kappa shape index (κ3) is 3.08. The van der Waals surface area contributed by atoms with Gasteiger partial charge < -0.3 is 15.3 Å². The Morgan fingerprint density at radius 1 is 0.742 bits per heavy atom. The molecule has 0 bridgehead atoms. The van der Waals surface area contributed by atoms with Crippen LogP contribution >= 0.6 is 0 Å². The minimum Gasteiger partial charge on any atom is -0.396 e. The first-order valence-electron chi connectivity index (χ1n) is 13.4. The van der Waals surface area contributed by atoms with Gasteiger partial charge in [0, 0.05) is 6.61 Å². The van der Waals surface area contributed by atoms with Crippen molar-refractivity contribution < 1.29 is 15.3 Å². The number of aliphatic hydroxyl groups is 3. The molecule has 0 aromatic rings. The van der Waals surface area contributed by atoms with Gasteiger partial charge in [-0.2, -0.15) is 0 Å². The predicted molar refractivity (Wildman–Crippen MR) is 124 cm³/mol. The molecule has 5 rings (SSSR count). The Hall–Kier alpha value is -0.120. The lowest BCUT2D eigenvalue weighted by molar-refractivity contribution is -0.237. The molecule has 5 fully saturated rings. The van der Waals surface area contributed by atoms with E-state index in [9.17, 15) is 15.3 Å². The first kappa shape index (κ1) is 22.7. The summed E-state index contributed by atoms with van der Waals surface area (Å²) in [5, 5.41) is 32.9. The lowest BCUT2D eigenvalue weighted by Gasteiger charge is -2.69. The number of hydrogen-bond acceptors (Lipinski definition) is 3. The van der Waals surface area contributed by atoms with E-state index in [0.29, 0.717) is 52.9 Å². The summed E-state index contributed by atoms with van der Waals surface area (Å²) in [6, 6.07) is 0. The van der Waals surface area contributed by atoms with Gasteiger partial charge in [-0.25, -0.2) is 0 Å². The van der Waals surface area contributed by atoms with Crippen molar-refractivity contribution in [3.8, 4) is 0 Å². The molecule has 0 aliphatic heterocycles. The Morgan fingerprint density at radius 2 is 1.39 bits per heavy atom. The monoisotopic (exact) mass is 432 g/mol. The number of fused-ring (bicyclic) bond motifs is 7. The van der Waals surface area contributed by atoms with Gasteiger partial charge in [0.1, 0.15) is 0 Å². The van der Waals surface area contributed by atoms with Gasteiger partial charge in [-0.15, -0.1) is 0 Å². The first-order chi connectivity index (χ1) is 14.5. The Kier molecular flexibility index (Phi) is 5.25. The maximum atomic E-state index is 11.8. The second kappa shape index (κ2) is 7.19. The van der Waals surface area contributed by atoms with Crippen molar-refractivity contribution in [3.05, 3.63) is 0 Å². The fourth-order valence-corrected chi connectivity index (χ4v) is 10.6. The van der Waals surface area contributed by atoms with Crippen molar-refractivity contribution in [3.63, 3.8) is 0 Å². The maximum Gasteiger partial charge on any atom is 0.0577 e. The molecule has 0 aromatic heterocycles. The topological polar surface area (TPSA) is 60.7 Å². The fourth-order valence-electron chi connectivity index (χ4n) is 10.6. The SMILES string of the molecule is CC1C(O)CCC2(C)C1CCC1(C)C3CCC4(CO)CCC(C)(C)CC4C3C(O)CC21. The molecule has 0 heterocycles. The summed E-state index contributed by atoms with van der Waals surface area (Å²) in [4.78, 5) is 0. The summed E-state index contributed by atoms with van der Waals surface area (Å²) in [6.07, 6.45) is 10.9. The van der Waals surface area contributed by atoms with Gasteiger partial charge in [-0.05, 0) is 121 Å². The highest BCUT2D eigenvalue weighted by Crippen LogP contribution is 2.71. The smallest absolute Gasteiger partial charge is 0.0577 e. The maximum absolute atomic E-state index is 11.8. The van der Waals surface area contributed by atoms with Gasteiger partial charge >= 0.3 is 0 Å². The van der Waals surface area contributed by atoms with Crippen LogP contribution in [0.5, 0.6) is 0 Å². The van der Waals surface area contributed by atoms with Gasteiger partial charge in [-0.3, -0.25) is 0 Å². The minimum atomic E-state index is -0.231. The van der Waals surface area contributed by atoms with Crippen LogP contribution in [0.2, 0.25) is 0 Å². The average Bonchev–Trinajstić information content (AvgIpc) is 2.72. The Balaban J connectivity index is 1.51. The molecule has 0 radical (unpaired) electrons. The Morgan fingerprint density at radius 3 is 2.10 bits per heavy atom. The summed E-state index contributed by atoms with van der Waals surface area (Å²) in [5.41, 5.74) is 0.905. The van der Waals surface area contributed by atoms with E-state index in [-0.39, 0.29) is 23.0 Å². The quantitative estimate of drug-likeness (QED) is 0.519. The van der Waals surface area contributed by atoms with Gasteiger partial charge in [-0.1, -0.05) is 34.6 Å². The van der Waals surface area contributed by atoms with E-state index in [1.165, 1.54) is 25.7 Å². The molecule has 0 aromatic carbocycles. The van der Waals surface area contributed by atoms with E-state index >= 15 is 0 Å². The van der Waals surface area contributed by atoms with Crippen molar-refractivity contribution >= 4 is 0 Å². The molecule has 0 spiro atoms. The van der Waals surface area contributed by atoms with Crippen LogP contribution in [-0.4, -0.2) is 34.1 Å². The van der Waals surface area contributed by atoms with E-state index in [1.807, 2.05) is 0 Å². The molecule has 0 amide bonds. The average molecular weight is 433 g/mol. The molecule has 11 atom stereocenters. The second-order valence-electron chi connectivity index (χ2n) is 14.2. The second-order valence-corrected chi connectivity index (χ2v) is 14.2. The Labute approximate surface area is 190 Å². The standard InChI is InChI=1S/C28H48O3/c1-17-18-6-9-27(5)19-7-11-28(16-29)13-12-25(2,3)15-20(28)24(19)22(31)14-23(27)26(18,4)10-8-21(17)30/h17-24,29-31H,6-16H2,1-5H3. The highest BCUT2D eigenvalue weighted by molar-refractivity contribution is 5.15. The molecule has 3 nitrogen and oxygen atoms in total. The summed E-state index contributed by atoms with van der Waals surface area (Å²) < 4.78 is 0. The molecule has 5 aliphatic rings. The van der Waals surface area contributed by atoms with Gasteiger partial charge in [0.2, 0.25) is 0 Å². The largest absolute Gasteiger partial charge is 0.396 e. The van der Waals surface area contributed by atoms with E-state index in [2.05, 4.69) is 34.6 Å². The third-order valence-corrected chi connectivity index (χ3v) is 12.5. The molecule has 5 saturated carbocycles. The number of aliphatic hydroxyl groups excluding tert-OH is 3. The zero-order chi connectivity index (χ0) is 22.4. The molecule has 3 N–H and O–H groups in total. The van der Waals surface area contributed by atoms with Crippen LogP contribution in [0.25, 0.3) is 0 Å². The third-order valence-electron chi connectivity index (χ3n) is 12.5. The Bertz CT molecular complexity index is 704. The normalized spacial score (nSPS) is 58.5. The van der Waals surface area contributed by atoms with Crippen molar-refractivity contribution in [1.29, 1.82) is 0 Å². The van der Waals surface area contributed by atoms with Crippen molar-refractivity contribution in [1.82, 2.24) is 0 Å². The van der Waals surface area contributed by atoms with Gasteiger partial charge in [0.15, 0.2) is 0 Å². The molecule has 11 unspecified atom stereocenters. The van der Waals surface area contributed by atoms with E-state index in [0.717, 1.165) is 38.5 Å². The van der Waals surface area contributed by atoms with Gasteiger partial charge in [0.25, 0.3) is 0 Å². The highest BCUT2D eigenvalue weighted by atomic mass is 16.3. The van der Waals surface area contributed by atoms with Crippen LogP contribution in [0, 0.1) is 57.2 Å². The lowest BCUT2D eigenvalue weighted by atomic mass is 9.36. The highest BCUT2D eigenvalue weighted by Gasteiger charge is 2.66. The van der Waals surface area contributed by atoms with E-state index in [1.54, 1.807) is 0 Å². The van der Waals surface area contributed by atoms with Crippen molar-refractivity contribution in [2.75, 3.05) is 6.61 Å². The fraction of sp³-hybridized carbons (Fsp3) is 1.00. The van der Waals surface area contributed by atoms with Crippen LogP contribution in [0.1, 0.15) is 98.8 Å². The lowest BCUT2D eigenvalue weighted by Crippen LogP contribution is -2.65. The van der Waals surface area contributed by atoms with Crippen LogP contribution in [0.3, 0.4) is 0 Å². The first-order valence-corrected chi connectivity index (χ1v) is 13.4. The van der Waals surface area contributed by atoms with E-state index in [4.69, 9.17) is 0 Å². The number of rotatable bonds is 1. The molecule has 31 heavy (non-hydrogen) atoms. The number of hydrogen-bond donors (Lipinski definition) is 3. The predicted octanol–water partition coefficient (Wildman–Crippen LogP) is 5.41. The minimum absolute atomic E-state index is 0.0471. The molecule has 0 saturated heterocycles. The molecular weight excluding hydrogens is 384 g/mol. The van der Waals surface area contributed by atoms with Crippen LogP contribution in [-0.2, 0) is 0 Å². The summed E-state index contributed by atoms with van der Waals surface area (Å²) in [6.45, 7) is 12.5. The van der Waals surface area contributed by atoms with Crippen molar-refractivity contribution in [2.24, 2.45) is 57.2 Å². The van der Waals surface area contributed by atoms with Crippen LogP contribution < -0.4 is 0 Å². The molecule has 3 heteroatoms.